The van der Waals surface area contributed by atoms with Crippen LogP contribution in [-0.2, 0) is 33.0 Å². The number of hydrogen-bond donors (Lipinski definition) is 2. The molecule has 0 radical (unpaired) electrons. The molecule has 0 spiro atoms. The van der Waals surface area contributed by atoms with E-state index in [1.54, 1.807) is 6.07 Å². The van der Waals surface area contributed by atoms with Crippen LogP contribution >= 0.6 is 0 Å². The van der Waals surface area contributed by atoms with E-state index in [4.69, 9.17) is 24.1 Å². The molecule has 2 atom stereocenters. The highest BCUT2D eigenvalue weighted by atomic mass is 19.4. The van der Waals surface area contributed by atoms with Gasteiger partial charge in [-0.1, -0.05) is 6.92 Å². The van der Waals surface area contributed by atoms with E-state index in [1.807, 2.05) is 6.92 Å². The normalized spacial score (nSPS) is 16.1. The highest BCUT2D eigenvalue weighted by Crippen LogP contribution is 2.41. The maximum absolute atomic E-state index is 13.6. The van der Waals surface area contributed by atoms with Crippen LogP contribution in [0.5, 0.6) is 11.6 Å². The molecule has 4 rings (SSSR count). The van der Waals surface area contributed by atoms with Gasteiger partial charge in [0.25, 0.3) is 0 Å². The number of carboxylic acid groups (broad SMARTS) is 1. The van der Waals surface area contributed by atoms with Crippen molar-refractivity contribution in [3.8, 4) is 11.6 Å². The second-order valence-electron chi connectivity index (χ2n) is 10.8. The van der Waals surface area contributed by atoms with E-state index in [0.29, 0.717) is 29.9 Å². The lowest BCUT2D eigenvalue weighted by Crippen LogP contribution is -2.46. The lowest BCUT2D eigenvalue weighted by Gasteiger charge is -2.39. The minimum absolute atomic E-state index is 0.00762. The summed E-state index contributed by atoms with van der Waals surface area (Å²) in [5.41, 5.74) is -2.62. The number of anilines is 2. The van der Waals surface area contributed by atoms with Gasteiger partial charge in [-0.3, -0.25) is 9.69 Å². The molecule has 0 saturated carbocycles. The van der Waals surface area contributed by atoms with Crippen molar-refractivity contribution < 1.29 is 60.0 Å². The largest absolute Gasteiger partial charge is 0.488 e. The first kappa shape index (κ1) is 37.0. The summed E-state index contributed by atoms with van der Waals surface area (Å²) in [4.78, 5) is 38.6. The zero-order valence-electron chi connectivity index (χ0n) is 26.5. The van der Waals surface area contributed by atoms with Gasteiger partial charge in [0.15, 0.2) is 5.75 Å². The van der Waals surface area contributed by atoms with E-state index in [-0.39, 0.29) is 61.1 Å². The Hall–Kier alpha value is -4.87. The number of carbonyl (C=O) groups excluding carboxylic acids is 1. The standard InChI is InChI=1S/C31H33F6N5O7/c1-4-20-15-22(27-23(5-6-25(41-27)47-3)42(20)29(45)49-8-7-26(43)44)40-28-38-16-24(48-10-9-46-2)21(39-28)13-17-11-18(30(32,33)34)14-19(12-17)31(35,36)37/h5-6,11-12,14,16,20,22H,4,7-10,13,15H2,1-3H3,(H,43,44)(H,38,39,40)/t20-,22+/m1/s1. The van der Waals surface area contributed by atoms with Crippen molar-refractivity contribution in [2.45, 2.75) is 57.0 Å². The molecular weight excluding hydrogens is 668 g/mol. The van der Waals surface area contributed by atoms with E-state index in [1.165, 1.54) is 31.4 Å². The van der Waals surface area contributed by atoms with Crippen molar-refractivity contribution in [1.29, 1.82) is 0 Å². The Kier molecular flexibility index (Phi) is 11.7. The van der Waals surface area contributed by atoms with Gasteiger partial charge < -0.3 is 29.4 Å². The zero-order valence-corrected chi connectivity index (χ0v) is 26.5. The molecule has 49 heavy (non-hydrogen) atoms. The van der Waals surface area contributed by atoms with E-state index in [0.717, 1.165) is 0 Å². The van der Waals surface area contributed by atoms with E-state index >= 15 is 0 Å². The number of carbonyl (C=O) groups is 2. The quantitative estimate of drug-likeness (QED) is 0.153. The predicted octanol–water partition coefficient (Wildman–Crippen LogP) is 6.29. The number of aromatic nitrogens is 3. The molecule has 1 amide bonds. The van der Waals surface area contributed by atoms with Crippen LogP contribution in [0.2, 0.25) is 0 Å². The van der Waals surface area contributed by atoms with Gasteiger partial charge in [0.1, 0.15) is 13.2 Å². The lowest BCUT2D eigenvalue weighted by atomic mass is 9.93. The fraction of sp³-hybridized carbons (Fsp3) is 0.452. The zero-order chi connectivity index (χ0) is 35.9. The monoisotopic (exact) mass is 701 g/mol. The summed E-state index contributed by atoms with van der Waals surface area (Å²) in [6.07, 6.45) is -9.83. The number of ether oxygens (including phenoxy) is 4. The first-order chi connectivity index (χ1) is 23.1. The van der Waals surface area contributed by atoms with Crippen LogP contribution in [0.1, 0.15) is 60.3 Å². The Morgan fingerprint density at radius 2 is 1.69 bits per heavy atom. The van der Waals surface area contributed by atoms with Gasteiger partial charge in [0.05, 0.1) is 60.6 Å². The third-order valence-electron chi connectivity index (χ3n) is 7.45. The van der Waals surface area contributed by atoms with E-state index in [2.05, 4.69) is 20.3 Å². The summed E-state index contributed by atoms with van der Waals surface area (Å²) < 4.78 is 103. The summed E-state index contributed by atoms with van der Waals surface area (Å²) in [6.45, 7) is 1.59. The molecular formula is C31H33F6N5O7. The number of aliphatic carboxylic acids is 1. The van der Waals surface area contributed by atoms with Gasteiger partial charge in [-0.25, -0.2) is 19.7 Å². The molecule has 2 N–H and O–H groups in total. The van der Waals surface area contributed by atoms with Gasteiger partial charge in [0.2, 0.25) is 11.8 Å². The molecule has 1 aromatic carbocycles. The van der Waals surface area contributed by atoms with Crippen LogP contribution in [0.25, 0.3) is 0 Å². The fourth-order valence-electron chi connectivity index (χ4n) is 5.16. The van der Waals surface area contributed by atoms with Gasteiger partial charge >= 0.3 is 24.4 Å². The molecule has 2 aromatic heterocycles. The van der Waals surface area contributed by atoms with E-state index in [9.17, 15) is 35.9 Å². The average Bonchev–Trinajstić information content (AvgIpc) is 3.04. The molecule has 12 nitrogen and oxygen atoms in total. The maximum Gasteiger partial charge on any atom is 0.416 e. The number of carboxylic acids is 1. The molecule has 0 unspecified atom stereocenters. The Balaban J connectivity index is 1.72. The third kappa shape index (κ3) is 9.39. The van der Waals surface area contributed by atoms with Crippen molar-refractivity contribution in [2.24, 2.45) is 0 Å². The number of fused-ring (bicyclic) bond motifs is 1. The van der Waals surface area contributed by atoms with Gasteiger partial charge in [-0.05, 0) is 42.7 Å². The number of hydrogen-bond acceptors (Lipinski definition) is 10. The number of methoxy groups -OCH3 is 2. The first-order valence-electron chi connectivity index (χ1n) is 14.9. The molecule has 3 heterocycles. The fourth-order valence-corrected chi connectivity index (χ4v) is 5.16. The Labute approximate surface area is 276 Å². The number of nitrogens with one attached hydrogen (secondary N) is 1. The van der Waals surface area contributed by atoms with Crippen LogP contribution in [0, 0.1) is 0 Å². The summed E-state index contributed by atoms with van der Waals surface area (Å²) in [5, 5.41) is 12.1. The number of amides is 1. The molecule has 1 aliphatic heterocycles. The number of benzene rings is 1. The van der Waals surface area contributed by atoms with Crippen molar-refractivity contribution in [1.82, 2.24) is 15.0 Å². The second-order valence-corrected chi connectivity index (χ2v) is 10.8. The van der Waals surface area contributed by atoms with Crippen molar-refractivity contribution in [2.75, 3.05) is 44.3 Å². The molecule has 3 aromatic rings. The maximum atomic E-state index is 13.6. The highest BCUT2D eigenvalue weighted by molar-refractivity contribution is 5.90. The molecule has 0 saturated heterocycles. The summed E-state index contributed by atoms with van der Waals surface area (Å²) in [6, 6.07) is 3.25. The minimum Gasteiger partial charge on any atom is -0.488 e. The molecule has 266 valence electrons. The van der Waals surface area contributed by atoms with Gasteiger partial charge in [-0.2, -0.15) is 26.3 Å². The van der Waals surface area contributed by atoms with Crippen molar-refractivity contribution in [3.05, 3.63) is 64.6 Å². The van der Waals surface area contributed by atoms with E-state index < -0.39 is 60.5 Å². The van der Waals surface area contributed by atoms with Crippen LogP contribution in [-0.4, -0.2) is 72.2 Å². The summed E-state index contributed by atoms with van der Waals surface area (Å²) >= 11 is 0. The minimum atomic E-state index is -5.04. The number of alkyl halides is 6. The predicted molar refractivity (Wildman–Crippen MR) is 161 cm³/mol. The van der Waals surface area contributed by atoms with Crippen LogP contribution in [0.4, 0.5) is 42.8 Å². The average molecular weight is 702 g/mol. The molecule has 1 aliphatic rings. The van der Waals surface area contributed by atoms with Crippen molar-refractivity contribution >= 4 is 23.7 Å². The molecule has 18 heteroatoms. The second kappa shape index (κ2) is 15.6. The molecule has 0 fully saturated rings. The first-order valence-corrected chi connectivity index (χ1v) is 14.9. The van der Waals surface area contributed by atoms with Crippen molar-refractivity contribution in [3.63, 3.8) is 0 Å². The number of pyridine rings is 1. The molecule has 0 bridgehead atoms. The third-order valence-corrected chi connectivity index (χ3v) is 7.45. The topological polar surface area (TPSA) is 145 Å². The van der Waals surface area contributed by atoms with Crippen LogP contribution in [0.3, 0.4) is 0 Å². The summed E-state index contributed by atoms with van der Waals surface area (Å²) in [5.74, 6) is -0.977. The van der Waals surface area contributed by atoms with Gasteiger partial charge in [-0.15, -0.1) is 0 Å². The SMILES string of the molecule is CC[C@@H]1C[C@H](Nc2ncc(OCCOC)c(Cc3cc(C(F)(F)F)cc(C(F)(F)F)c3)n2)c2nc(OC)ccc2N1C(=O)OCCC(=O)O. The Morgan fingerprint density at radius 1 is 1.00 bits per heavy atom. The molecule has 0 aliphatic carbocycles. The lowest BCUT2D eigenvalue weighted by molar-refractivity contribution is -0.143. The number of nitrogens with zero attached hydrogens (tertiary/aromatic N) is 4. The van der Waals surface area contributed by atoms with Crippen LogP contribution in [0.15, 0.2) is 36.5 Å². The Morgan fingerprint density at radius 3 is 2.29 bits per heavy atom. The van der Waals surface area contributed by atoms with Crippen LogP contribution < -0.4 is 19.7 Å². The summed E-state index contributed by atoms with van der Waals surface area (Å²) in [7, 11) is 2.81. The number of halogens is 6. The smallest absolute Gasteiger partial charge is 0.416 e. The Bertz CT molecular complexity index is 1610. The van der Waals surface area contributed by atoms with Gasteiger partial charge in [0, 0.05) is 25.6 Å². The number of rotatable bonds is 13. The highest BCUT2D eigenvalue weighted by Gasteiger charge is 2.39.